The number of para-hydroxylation sites is 1. The predicted molar refractivity (Wildman–Crippen MR) is 55.1 cm³/mol. The van der Waals surface area contributed by atoms with E-state index in [9.17, 15) is 8.76 Å². The van der Waals surface area contributed by atoms with E-state index in [0.29, 0.717) is 5.69 Å². The summed E-state index contributed by atoms with van der Waals surface area (Å²) >= 11 is -2.33. The molecule has 0 amide bonds. The van der Waals surface area contributed by atoms with Crippen molar-refractivity contribution >= 4 is 17.0 Å². The molecule has 1 aliphatic heterocycles. The van der Waals surface area contributed by atoms with Gasteiger partial charge in [0, 0.05) is 23.0 Å². The number of hydrogen-bond donors (Lipinski definition) is 2. The van der Waals surface area contributed by atoms with E-state index >= 15 is 0 Å². The van der Waals surface area contributed by atoms with E-state index in [4.69, 9.17) is 4.74 Å². The maximum Gasteiger partial charge on any atom is 0.197 e. The van der Waals surface area contributed by atoms with Crippen molar-refractivity contribution in [3.05, 3.63) is 42.3 Å². The highest BCUT2D eigenvalue weighted by atomic mass is 32.2. The molecular weight excluding hydrogens is 216 g/mol. The SMILES string of the molecule is O=S([O-])Nc1ccccc1C1NC=CO1. The number of hydrogen-bond acceptors (Lipinski definition) is 4. The first-order valence-electron chi connectivity index (χ1n) is 4.29. The van der Waals surface area contributed by atoms with Gasteiger partial charge < -0.3 is 19.3 Å². The molecule has 2 atom stereocenters. The monoisotopic (exact) mass is 225 g/mol. The summed E-state index contributed by atoms with van der Waals surface area (Å²) in [6.07, 6.45) is 2.85. The van der Waals surface area contributed by atoms with E-state index < -0.39 is 11.3 Å². The van der Waals surface area contributed by atoms with Crippen molar-refractivity contribution in [1.29, 1.82) is 0 Å². The van der Waals surface area contributed by atoms with Gasteiger partial charge in [-0.1, -0.05) is 18.2 Å². The van der Waals surface area contributed by atoms with Crippen molar-refractivity contribution in [2.24, 2.45) is 0 Å². The predicted octanol–water partition coefficient (Wildman–Crippen LogP) is 0.982. The van der Waals surface area contributed by atoms with Crippen molar-refractivity contribution in [3.8, 4) is 0 Å². The smallest absolute Gasteiger partial charge is 0.197 e. The normalized spacial score (nSPS) is 20.5. The molecule has 2 unspecified atom stereocenters. The van der Waals surface area contributed by atoms with E-state index in [-0.39, 0.29) is 6.23 Å². The summed E-state index contributed by atoms with van der Waals surface area (Å²) in [4.78, 5) is 0. The molecule has 0 spiro atoms. The topological polar surface area (TPSA) is 73.4 Å². The highest BCUT2D eigenvalue weighted by Crippen LogP contribution is 2.26. The van der Waals surface area contributed by atoms with Crippen LogP contribution in [0.1, 0.15) is 11.8 Å². The zero-order valence-corrected chi connectivity index (χ0v) is 8.49. The quantitative estimate of drug-likeness (QED) is 0.752. The third-order valence-electron chi connectivity index (χ3n) is 1.97. The number of rotatable bonds is 3. The van der Waals surface area contributed by atoms with Crippen LogP contribution >= 0.6 is 0 Å². The summed E-state index contributed by atoms with van der Waals surface area (Å²) in [6, 6.07) is 7.03. The van der Waals surface area contributed by atoms with Crippen molar-refractivity contribution in [2.45, 2.75) is 6.23 Å². The van der Waals surface area contributed by atoms with Gasteiger partial charge in [-0.15, -0.1) is 0 Å². The summed E-state index contributed by atoms with van der Waals surface area (Å²) in [5.41, 5.74) is 1.25. The van der Waals surface area contributed by atoms with Crippen molar-refractivity contribution in [1.82, 2.24) is 5.32 Å². The Morgan fingerprint density at radius 1 is 1.47 bits per heavy atom. The summed E-state index contributed by atoms with van der Waals surface area (Å²) in [7, 11) is 0. The van der Waals surface area contributed by atoms with Gasteiger partial charge in [-0.3, -0.25) is 4.21 Å². The van der Waals surface area contributed by atoms with Gasteiger partial charge in [0.2, 0.25) is 0 Å². The van der Waals surface area contributed by atoms with Gasteiger partial charge in [0.1, 0.15) is 6.26 Å². The number of ether oxygens (including phenoxy) is 1. The van der Waals surface area contributed by atoms with Gasteiger partial charge in [-0.25, -0.2) is 0 Å². The Kier molecular flexibility index (Phi) is 2.89. The number of anilines is 1. The molecule has 2 rings (SSSR count). The summed E-state index contributed by atoms with van der Waals surface area (Å²) in [6.45, 7) is 0. The zero-order valence-electron chi connectivity index (χ0n) is 7.67. The molecule has 0 saturated carbocycles. The standard InChI is InChI=1S/C9H10N2O3S/c12-15(13)11-8-4-2-1-3-7(8)9-10-5-6-14-9/h1-6,9-11H,(H,12,13)/p-1. The minimum atomic E-state index is -2.33. The van der Waals surface area contributed by atoms with E-state index in [1.54, 1.807) is 24.4 Å². The average molecular weight is 225 g/mol. The van der Waals surface area contributed by atoms with E-state index in [0.717, 1.165) is 5.56 Å². The highest BCUT2D eigenvalue weighted by Gasteiger charge is 2.16. The second-order valence-corrected chi connectivity index (χ2v) is 3.58. The minimum absolute atomic E-state index is 0.336. The molecule has 5 nitrogen and oxygen atoms in total. The maximum atomic E-state index is 10.5. The van der Waals surface area contributed by atoms with Gasteiger partial charge in [0.15, 0.2) is 6.23 Å². The Labute approximate surface area is 89.6 Å². The highest BCUT2D eigenvalue weighted by molar-refractivity contribution is 7.80. The van der Waals surface area contributed by atoms with E-state index in [1.165, 1.54) is 6.26 Å². The first-order chi connectivity index (χ1) is 7.27. The molecule has 2 N–H and O–H groups in total. The molecule has 1 heterocycles. The van der Waals surface area contributed by atoms with Crippen molar-refractivity contribution < 1.29 is 13.5 Å². The molecule has 0 aromatic heterocycles. The lowest BCUT2D eigenvalue weighted by molar-refractivity contribution is 0.155. The van der Waals surface area contributed by atoms with Gasteiger partial charge in [0.25, 0.3) is 0 Å². The Hall–Kier alpha value is -1.53. The van der Waals surface area contributed by atoms with Crippen LogP contribution < -0.4 is 10.0 Å². The second kappa shape index (κ2) is 4.33. The van der Waals surface area contributed by atoms with Crippen LogP contribution in [0.2, 0.25) is 0 Å². The van der Waals surface area contributed by atoms with Crippen molar-refractivity contribution in [3.63, 3.8) is 0 Å². The van der Waals surface area contributed by atoms with Crippen LogP contribution in [0.15, 0.2) is 36.7 Å². The lowest BCUT2D eigenvalue weighted by Crippen LogP contribution is -2.14. The average Bonchev–Trinajstić information content (AvgIpc) is 2.70. The molecule has 15 heavy (non-hydrogen) atoms. The lowest BCUT2D eigenvalue weighted by atomic mass is 10.1. The van der Waals surface area contributed by atoms with Crippen LogP contribution in [0, 0.1) is 0 Å². The van der Waals surface area contributed by atoms with Crippen LogP contribution in [-0.2, 0) is 16.0 Å². The molecule has 6 heteroatoms. The molecule has 0 aliphatic carbocycles. The van der Waals surface area contributed by atoms with Gasteiger partial charge >= 0.3 is 0 Å². The van der Waals surface area contributed by atoms with Gasteiger partial charge in [-0.2, -0.15) is 0 Å². The molecule has 0 fully saturated rings. The van der Waals surface area contributed by atoms with E-state index in [2.05, 4.69) is 10.0 Å². The molecule has 0 bridgehead atoms. The lowest BCUT2D eigenvalue weighted by Gasteiger charge is -2.17. The van der Waals surface area contributed by atoms with E-state index in [1.807, 2.05) is 6.07 Å². The Balaban J connectivity index is 2.25. The van der Waals surface area contributed by atoms with Gasteiger partial charge in [0.05, 0.1) is 5.69 Å². The minimum Gasteiger partial charge on any atom is -0.755 e. The van der Waals surface area contributed by atoms with Crippen LogP contribution in [0.3, 0.4) is 0 Å². The Morgan fingerprint density at radius 2 is 2.27 bits per heavy atom. The summed E-state index contributed by atoms with van der Waals surface area (Å²) in [5, 5.41) is 2.94. The number of benzene rings is 1. The first-order valence-corrected chi connectivity index (χ1v) is 5.36. The van der Waals surface area contributed by atoms with Crippen LogP contribution in [0.4, 0.5) is 5.69 Å². The first kappa shape index (κ1) is 10.0. The third kappa shape index (κ3) is 2.28. The molecule has 0 saturated heterocycles. The molecule has 1 aromatic carbocycles. The van der Waals surface area contributed by atoms with Crippen molar-refractivity contribution in [2.75, 3.05) is 4.72 Å². The Morgan fingerprint density at radius 3 is 2.93 bits per heavy atom. The molecule has 1 aromatic rings. The summed E-state index contributed by atoms with van der Waals surface area (Å²) in [5.74, 6) is 0. The largest absolute Gasteiger partial charge is 0.755 e. The molecule has 1 aliphatic rings. The third-order valence-corrected chi connectivity index (χ3v) is 2.35. The molecule has 0 radical (unpaired) electrons. The van der Waals surface area contributed by atoms with Crippen LogP contribution in [-0.4, -0.2) is 8.76 Å². The maximum absolute atomic E-state index is 10.5. The second-order valence-electron chi connectivity index (χ2n) is 2.91. The molecule has 80 valence electrons. The molecular formula is C9H9N2O3S-. The number of nitrogens with one attached hydrogen (secondary N) is 2. The summed E-state index contributed by atoms with van der Waals surface area (Å²) < 4.78 is 28.6. The zero-order chi connectivity index (χ0) is 10.7. The fourth-order valence-corrected chi connectivity index (χ4v) is 1.72. The van der Waals surface area contributed by atoms with Gasteiger partial charge in [-0.05, 0) is 6.07 Å². The fourth-order valence-electron chi connectivity index (χ4n) is 1.36. The Bertz CT molecular complexity index is 400. The fraction of sp³-hybridized carbons (Fsp3) is 0.111. The van der Waals surface area contributed by atoms with Crippen LogP contribution in [0.25, 0.3) is 0 Å². The van der Waals surface area contributed by atoms with Crippen LogP contribution in [0.5, 0.6) is 0 Å².